The molecule has 0 saturated heterocycles. The number of anilines is 1. The van der Waals surface area contributed by atoms with Gasteiger partial charge in [-0.3, -0.25) is 14.9 Å². The molecule has 4 N–H and O–H groups in total. The second-order valence-corrected chi connectivity index (χ2v) is 8.95. The molecule has 2 rings (SSSR count). The summed E-state index contributed by atoms with van der Waals surface area (Å²) in [4.78, 5) is 29.7. The van der Waals surface area contributed by atoms with Crippen molar-refractivity contribution < 1.29 is 9.59 Å². The Morgan fingerprint density at radius 2 is 1.93 bits per heavy atom. The summed E-state index contributed by atoms with van der Waals surface area (Å²) in [6, 6.07) is 0.509. The molecule has 0 fully saturated rings. The molecule has 1 aromatic heterocycles. The van der Waals surface area contributed by atoms with Crippen molar-refractivity contribution in [3.63, 3.8) is 0 Å². The number of carbonyl (C=O) groups excluding carboxylic acids is 2. The zero-order valence-electron chi connectivity index (χ0n) is 17.4. The maximum Gasteiger partial charge on any atom is 0.240 e. The Balaban J connectivity index is 1.60. The Kier molecular flexibility index (Phi) is 11.6. The zero-order chi connectivity index (χ0) is 20.9. The van der Waals surface area contributed by atoms with Gasteiger partial charge in [0.05, 0.1) is 18.8 Å². The normalized spacial score (nSPS) is 15.7. The van der Waals surface area contributed by atoms with Crippen LogP contribution in [-0.2, 0) is 22.4 Å². The summed E-state index contributed by atoms with van der Waals surface area (Å²) in [7, 11) is 0. The molecule has 0 aromatic carbocycles. The molecule has 1 atom stereocenters. The first-order valence-corrected chi connectivity index (χ1v) is 12.2. The summed E-state index contributed by atoms with van der Waals surface area (Å²) >= 11 is 5.75. The van der Waals surface area contributed by atoms with E-state index < -0.39 is 0 Å². The molecule has 0 bridgehead atoms. The molecule has 0 spiro atoms. The van der Waals surface area contributed by atoms with Crippen molar-refractivity contribution in [2.75, 3.05) is 37.2 Å². The fraction of sp³-hybridized carbons (Fsp3) is 0.750. The van der Waals surface area contributed by atoms with E-state index in [0.29, 0.717) is 17.7 Å². The van der Waals surface area contributed by atoms with Gasteiger partial charge in [0.25, 0.3) is 0 Å². The molecule has 1 heterocycles. The predicted octanol–water partition coefficient (Wildman–Crippen LogP) is 2.13. The lowest BCUT2D eigenvalue weighted by Gasteiger charge is -2.21. The van der Waals surface area contributed by atoms with E-state index in [1.54, 1.807) is 11.3 Å². The molecule has 1 aliphatic carbocycles. The zero-order valence-corrected chi connectivity index (χ0v) is 19.1. The van der Waals surface area contributed by atoms with Gasteiger partial charge < -0.3 is 16.0 Å². The number of aryl methyl sites for hydroxylation is 1. The van der Waals surface area contributed by atoms with Crippen molar-refractivity contribution in [1.29, 1.82) is 0 Å². The first-order valence-electron chi connectivity index (χ1n) is 10.7. The number of nitrogens with zero attached hydrogens (tertiary/aromatic N) is 1. The topological polar surface area (TPSA) is 95.2 Å². The van der Waals surface area contributed by atoms with E-state index >= 15 is 0 Å². The van der Waals surface area contributed by atoms with Gasteiger partial charge in [0.2, 0.25) is 11.8 Å². The third kappa shape index (κ3) is 9.46. The number of aromatic nitrogens is 1. The molecule has 0 radical (unpaired) electrons. The number of hydrogen-bond acceptors (Lipinski definition) is 7. The van der Waals surface area contributed by atoms with Crippen molar-refractivity contribution in [2.24, 2.45) is 0 Å². The van der Waals surface area contributed by atoms with Crippen LogP contribution in [-0.4, -0.2) is 54.8 Å². The van der Waals surface area contributed by atoms with Gasteiger partial charge in [-0.1, -0.05) is 19.8 Å². The largest absolute Gasteiger partial charge is 0.355 e. The smallest absolute Gasteiger partial charge is 0.240 e. The lowest BCUT2D eigenvalue weighted by atomic mass is 9.98. The first kappa shape index (κ1) is 24.1. The average molecular weight is 442 g/mol. The molecule has 164 valence electrons. The predicted molar refractivity (Wildman–Crippen MR) is 123 cm³/mol. The van der Waals surface area contributed by atoms with Crippen molar-refractivity contribution in [1.82, 2.24) is 20.9 Å². The molecule has 2 amide bonds. The highest BCUT2D eigenvalue weighted by Crippen LogP contribution is 2.29. The molecule has 9 heteroatoms. The molecule has 7 nitrogen and oxygen atoms in total. The maximum atomic E-state index is 12.1. The van der Waals surface area contributed by atoms with E-state index in [1.165, 1.54) is 4.88 Å². The molecule has 1 unspecified atom stereocenters. The minimum Gasteiger partial charge on any atom is -0.355 e. The lowest BCUT2D eigenvalue weighted by molar-refractivity contribution is -0.120. The van der Waals surface area contributed by atoms with Crippen LogP contribution < -0.4 is 21.3 Å². The van der Waals surface area contributed by atoms with E-state index in [9.17, 15) is 9.59 Å². The van der Waals surface area contributed by atoms with E-state index in [0.717, 1.165) is 69.4 Å². The van der Waals surface area contributed by atoms with E-state index in [-0.39, 0.29) is 24.9 Å². The first-order chi connectivity index (χ1) is 14.1. The minimum absolute atomic E-state index is 0.0812. The quantitative estimate of drug-likeness (QED) is 0.225. The highest BCUT2D eigenvalue weighted by molar-refractivity contribution is 7.80. The van der Waals surface area contributed by atoms with Crippen molar-refractivity contribution in [3.05, 3.63) is 10.6 Å². The van der Waals surface area contributed by atoms with Crippen LogP contribution in [0.1, 0.15) is 56.0 Å². The van der Waals surface area contributed by atoms with E-state index in [4.69, 9.17) is 0 Å². The Hall–Kier alpha value is -1.16. The Bertz CT molecular complexity index is 638. The van der Waals surface area contributed by atoms with Gasteiger partial charge in [-0.05, 0) is 50.8 Å². The van der Waals surface area contributed by atoms with Crippen LogP contribution in [0.15, 0.2) is 0 Å². The third-order valence-corrected chi connectivity index (χ3v) is 6.20. The van der Waals surface area contributed by atoms with Crippen LogP contribution >= 0.6 is 24.0 Å². The van der Waals surface area contributed by atoms with Crippen molar-refractivity contribution >= 4 is 40.9 Å². The molecular formula is C20H35N5O2S2. The Morgan fingerprint density at radius 3 is 2.72 bits per heavy atom. The van der Waals surface area contributed by atoms with Gasteiger partial charge >= 0.3 is 0 Å². The van der Waals surface area contributed by atoms with Gasteiger partial charge in [-0.25, -0.2) is 4.98 Å². The highest BCUT2D eigenvalue weighted by Gasteiger charge is 2.22. The maximum absolute atomic E-state index is 12.1. The van der Waals surface area contributed by atoms with Gasteiger partial charge in [-0.15, -0.1) is 11.3 Å². The van der Waals surface area contributed by atoms with Crippen LogP contribution in [0.5, 0.6) is 0 Å². The number of nitrogens with one attached hydrogen (secondary N) is 4. The van der Waals surface area contributed by atoms with Crippen LogP contribution in [0, 0.1) is 0 Å². The lowest BCUT2D eigenvalue weighted by Crippen LogP contribution is -2.37. The molecular weight excluding hydrogens is 406 g/mol. The van der Waals surface area contributed by atoms with Crippen molar-refractivity contribution in [3.8, 4) is 0 Å². The number of fused-ring (bicyclic) bond motifs is 1. The summed E-state index contributed by atoms with van der Waals surface area (Å²) in [6.45, 7) is 4.13. The second-order valence-electron chi connectivity index (χ2n) is 7.42. The summed E-state index contributed by atoms with van der Waals surface area (Å²) in [5.74, 6) is 0.664. The van der Waals surface area contributed by atoms with Crippen LogP contribution in [0.4, 0.5) is 5.13 Å². The van der Waals surface area contributed by atoms with E-state index in [2.05, 4.69) is 45.8 Å². The molecule has 29 heavy (non-hydrogen) atoms. The number of hydrogen-bond donors (Lipinski definition) is 5. The van der Waals surface area contributed by atoms with Gasteiger partial charge in [-0.2, -0.15) is 12.6 Å². The third-order valence-electron chi connectivity index (χ3n) is 4.85. The standard InChI is InChI=1S/C20H35N5O2S2/c1-2-9-22-15-7-8-16-17(12-15)29-20(24-16)25-19(27)14-21-13-18(26)23-10-5-3-4-6-11-28/h15,21-22,28H,2-14H2,1H3,(H,23,26)(H,24,25,27). The molecule has 0 saturated carbocycles. The van der Waals surface area contributed by atoms with Crippen LogP contribution in [0.2, 0.25) is 0 Å². The average Bonchev–Trinajstić information content (AvgIpc) is 3.10. The SMILES string of the molecule is CCCNC1CCc2nc(NC(=O)CNCC(=O)NCCCCCCS)sc2C1. The highest BCUT2D eigenvalue weighted by atomic mass is 32.1. The fourth-order valence-corrected chi connectivity index (χ4v) is 4.61. The number of thiol groups is 1. The Morgan fingerprint density at radius 1 is 1.14 bits per heavy atom. The fourth-order valence-electron chi connectivity index (χ4n) is 3.28. The van der Waals surface area contributed by atoms with Crippen LogP contribution in [0.25, 0.3) is 0 Å². The van der Waals surface area contributed by atoms with Gasteiger partial charge in [0, 0.05) is 17.5 Å². The Labute approximate surface area is 183 Å². The number of carbonyl (C=O) groups is 2. The monoisotopic (exact) mass is 441 g/mol. The number of thiazole rings is 1. The van der Waals surface area contributed by atoms with Gasteiger partial charge in [0.15, 0.2) is 5.13 Å². The second kappa shape index (κ2) is 14.0. The number of rotatable bonds is 14. The number of unbranched alkanes of at least 4 members (excludes halogenated alkanes) is 3. The van der Waals surface area contributed by atoms with Crippen LogP contribution in [0.3, 0.4) is 0 Å². The summed E-state index contributed by atoms with van der Waals surface area (Å²) in [5.41, 5.74) is 1.11. The van der Waals surface area contributed by atoms with Crippen molar-refractivity contribution in [2.45, 2.75) is 64.3 Å². The van der Waals surface area contributed by atoms with Gasteiger partial charge in [0.1, 0.15) is 0 Å². The summed E-state index contributed by atoms with van der Waals surface area (Å²) in [5, 5.41) is 12.8. The van der Waals surface area contributed by atoms with E-state index in [1.807, 2.05) is 0 Å². The minimum atomic E-state index is -0.170. The number of amides is 2. The molecule has 0 aliphatic heterocycles. The summed E-state index contributed by atoms with van der Waals surface area (Å²) in [6.07, 6.45) is 8.50. The summed E-state index contributed by atoms with van der Waals surface area (Å²) < 4.78 is 0. The molecule has 1 aromatic rings. The molecule has 1 aliphatic rings.